The second-order valence-corrected chi connectivity index (χ2v) is 9.49. The first kappa shape index (κ1) is 21.1. The zero-order chi connectivity index (χ0) is 20.4. The van der Waals surface area contributed by atoms with Gasteiger partial charge in [-0.3, -0.25) is 0 Å². The van der Waals surface area contributed by atoms with Crippen molar-refractivity contribution in [3.05, 3.63) is 70.8 Å². The molecule has 0 aromatic heterocycles. The van der Waals surface area contributed by atoms with Crippen molar-refractivity contribution in [1.82, 2.24) is 0 Å². The fraction of sp³-hybridized carbons (Fsp3) is 0.538. The Balaban J connectivity index is 1.74. The summed E-state index contributed by atoms with van der Waals surface area (Å²) in [6.45, 7) is 16.8. The molecule has 1 atom stereocenters. The Morgan fingerprint density at radius 2 is 1.82 bits per heavy atom. The van der Waals surface area contributed by atoms with Crippen molar-refractivity contribution >= 4 is 0 Å². The lowest BCUT2D eigenvalue weighted by Crippen LogP contribution is -2.33. The summed E-state index contributed by atoms with van der Waals surface area (Å²) in [6, 6.07) is 9.09. The quantitative estimate of drug-likeness (QED) is 0.541. The van der Waals surface area contributed by atoms with E-state index in [0.717, 1.165) is 25.7 Å². The van der Waals surface area contributed by atoms with Gasteiger partial charge in [-0.15, -0.1) is 0 Å². The molecule has 1 aromatic rings. The van der Waals surface area contributed by atoms with Gasteiger partial charge in [0.05, 0.1) is 13.2 Å². The van der Waals surface area contributed by atoms with E-state index in [4.69, 9.17) is 9.47 Å². The highest BCUT2D eigenvalue weighted by Crippen LogP contribution is 2.40. The maximum Gasteiger partial charge on any atom is 0.172 e. The van der Waals surface area contributed by atoms with Crippen LogP contribution in [0.2, 0.25) is 0 Å². The third kappa shape index (κ3) is 4.85. The lowest BCUT2D eigenvalue weighted by molar-refractivity contribution is -0.162. The van der Waals surface area contributed by atoms with E-state index in [1.54, 1.807) is 0 Å². The summed E-state index contributed by atoms with van der Waals surface area (Å²) < 4.78 is 11.9. The number of hydrogen-bond donors (Lipinski definition) is 0. The van der Waals surface area contributed by atoms with Crippen LogP contribution in [0.1, 0.15) is 65.0 Å². The Bertz CT molecular complexity index is 753. The van der Waals surface area contributed by atoms with Crippen LogP contribution >= 0.6 is 0 Å². The van der Waals surface area contributed by atoms with Crippen LogP contribution < -0.4 is 0 Å². The molecule has 3 rings (SSSR count). The molecule has 1 spiro atoms. The fourth-order valence-corrected chi connectivity index (χ4v) is 4.20. The zero-order valence-electron chi connectivity index (χ0n) is 18.3. The number of allylic oxidation sites excluding steroid dienone is 4. The van der Waals surface area contributed by atoms with E-state index in [0.29, 0.717) is 19.1 Å². The fourth-order valence-electron chi connectivity index (χ4n) is 4.20. The molecule has 1 saturated heterocycles. The van der Waals surface area contributed by atoms with E-state index in [1.165, 1.54) is 27.8 Å². The number of benzene rings is 1. The van der Waals surface area contributed by atoms with Crippen LogP contribution in [0.4, 0.5) is 0 Å². The Kier molecular flexibility index (Phi) is 6.31. The van der Waals surface area contributed by atoms with Gasteiger partial charge in [0.1, 0.15) is 0 Å². The monoisotopic (exact) mass is 380 g/mol. The van der Waals surface area contributed by atoms with Gasteiger partial charge < -0.3 is 9.47 Å². The third-order valence-corrected chi connectivity index (χ3v) is 6.21. The third-order valence-electron chi connectivity index (χ3n) is 6.21. The maximum atomic E-state index is 5.96. The van der Waals surface area contributed by atoms with Crippen LogP contribution in [0, 0.1) is 5.92 Å². The maximum absolute atomic E-state index is 5.96. The van der Waals surface area contributed by atoms with Crippen molar-refractivity contribution in [2.24, 2.45) is 5.92 Å². The molecule has 0 radical (unpaired) electrons. The molecule has 0 bridgehead atoms. The molecule has 0 saturated carbocycles. The highest BCUT2D eigenvalue weighted by atomic mass is 16.7. The van der Waals surface area contributed by atoms with E-state index < -0.39 is 0 Å². The molecule has 1 aliphatic carbocycles. The van der Waals surface area contributed by atoms with Crippen molar-refractivity contribution in [3.8, 4) is 0 Å². The van der Waals surface area contributed by atoms with Crippen molar-refractivity contribution in [1.29, 1.82) is 0 Å². The van der Waals surface area contributed by atoms with E-state index in [2.05, 4.69) is 71.5 Å². The Morgan fingerprint density at radius 1 is 1.18 bits per heavy atom. The molecule has 152 valence electrons. The minimum Gasteiger partial charge on any atom is -0.347 e. The minimum absolute atomic E-state index is 0.196. The molecule has 1 aromatic carbocycles. The van der Waals surface area contributed by atoms with Crippen molar-refractivity contribution in [2.45, 2.75) is 71.5 Å². The van der Waals surface area contributed by atoms with Crippen LogP contribution in [0.5, 0.6) is 0 Å². The second kappa shape index (κ2) is 8.39. The molecular weight excluding hydrogens is 344 g/mol. The van der Waals surface area contributed by atoms with E-state index >= 15 is 0 Å². The molecule has 2 heteroatoms. The van der Waals surface area contributed by atoms with E-state index in [9.17, 15) is 0 Å². The van der Waals surface area contributed by atoms with E-state index in [-0.39, 0.29) is 11.2 Å². The van der Waals surface area contributed by atoms with Crippen LogP contribution in [0.25, 0.3) is 0 Å². The standard InChI is InChI=1S/C26H36O2/c1-7-22(17-23-18-26(13-12-19(23)2)27-14-15-28-26)20(3)16-21-8-10-24(11-9-21)25(4,5)6/h7-11,17,20H,1,12-16,18H2,2-6H3/b22-17-. The first-order chi connectivity index (χ1) is 13.2. The molecular formula is C26H36O2. The Hall–Kier alpha value is -1.64. The van der Waals surface area contributed by atoms with Gasteiger partial charge in [0.15, 0.2) is 5.79 Å². The summed E-state index contributed by atoms with van der Waals surface area (Å²) in [6.07, 6.45) is 8.23. The zero-order valence-corrected chi connectivity index (χ0v) is 18.3. The lowest BCUT2D eigenvalue weighted by atomic mass is 9.84. The summed E-state index contributed by atoms with van der Waals surface area (Å²) in [4.78, 5) is 0. The minimum atomic E-state index is -0.385. The summed E-state index contributed by atoms with van der Waals surface area (Å²) >= 11 is 0. The first-order valence-corrected chi connectivity index (χ1v) is 10.6. The average molecular weight is 381 g/mol. The largest absolute Gasteiger partial charge is 0.347 e. The van der Waals surface area contributed by atoms with Crippen LogP contribution in [-0.4, -0.2) is 19.0 Å². The van der Waals surface area contributed by atoms with Gasteiger partial charge in [-0.2, -0.15) is 0 Å². The van der Waals surface area contributed by atoms with Gasteiger partial charge >= 0.3 is 0 Å². The molecule has 1 aliphatic heterocycles. The van der Waals surface area contributed by atoms with Crippen LogP contribution in [0.15, 0.2) is 59.7 Å². The molecule has 1 fully saturated rings. The number of rotatable bonds is 5. The predicted molar refractivity (Wildman–Crippen MR) is 117 cm³/mol. The first-order valence-electron chi connectivity index (χ1n) is 10.6. The van der Waals surface area contributed by atoms with Gasteiger partial charge in [-0.1, -0.05) is 76.3 Å². The molecule has 0 amide bonds. The number of hydrogen-bond acceptors (Lipinski definition) is 2. The molecule has 1 heterocycles. The van der Waals surface area contributed by atoms with Gasteiger partial charge in [0, 0.05) is 12.8 Å². The van der Waals surface area contributed by atoms with Crippen molar-refractivity contribution in [2.75, 3.05) is 13.2 Å². The smallest absolute Gasteiger partial charge is 0.172 e. The molecule has 2 aliphatic rings. The highest BCUT2D eigenvalue weighted by molar-refractivity contribution is 5.37. The van der Waals surface area contributed by atoms with E-state index in [1.807, 2.05) is 6.08 Å². The highest BCUT2D eigenvalue weighted by Gasteiger charge is 2.39. The van der Waals surface area contributed by atoms with Crippen LogP contribution in [0.3, 0.4) is 0 Å². The van der Waals surface area contributed by atoms with Gasteiger partial charge in [0.25, 0.3) is 0 Å². The Labute approximate surface area is 171 Å². The van der Waals surface area contributed by atoms with Crippen LogP contribution in [-0.2, 0) is 21.3 Å². The molecule has 1 unspecified atom stereocenters. The topological polar surface area (TPSA) is 18.5 Å². The summed E-state index contributed by atoms with van der Waals surface area (Å²) in [7, 11) is 0. The lowest BCUT2D eigenvalue weighted by Gasteiger charge is -2.33. The Morgan fingerprint density at radius 3 is 2.39 bits per heavy atom. The molecule has 2 nitrogen and oxygen atoms in total. The normalized spacial score (nSPS) is 21.2. The SMILES string of the molecule is C=C/C(=C/C1=C(C)CCC2(C1)OCCO2)C(C)Cc1ccc(C(C)(C)C)cc1. The molecule has 28 heavy (non-hydrogen) atoms. The average Bonchev–Trinajstić information content (AvgIpc) is 3.10. The van der Waals surface area contributed by atoms with Gasteiger partial charge in [-0.05, 0) is 53.4 Å². The number of ether oxygens (including phenoxy) is 2. The second-order valence-electron chi connectivity index (χ2n) is 9.49. The predicted octanol–water partition coefficient (Wildman–Crippen LogP) is 6.52. The van der Waals surface area contributed by atoms with Gasteiger partial charge in [-0.25, -0.2) is 0 Å². The summed E-state index contributed by atoms with van der Waals surface area (Å²) in [5.41, 5.74) is 7.06. The summed E-state index contributed by atoms with van der Waals surface area (Å²) in [5.74, 6) is 0.0329. The summed E-state index contributed by atoms with van der Waals surface area (Å²) in [5, 5.41) is 0. The van der Waals surface area contributed by atoms with Crippen molar-refractivity contribution < 1.29 is 9.47 Å². The van der Waals surface area contributed by atoms with Gasteiger partial charge in [0.2, 0.25) is 0 Å². The molecule has 0 N–H and O–H groups in total. The van der Waals surface area contributed by atoms with Crippen molar-refractivity contribution in [3.63, 3.8) is 0 Å².